The highest BCUT2D eigenvalue weighted by molar-refractivity contribution is 5.93. The number of carbonyl (C=O) groups excluding carboxylic acids is 1. The number of fused-ring (bicyclic) bond motifs is 2. The highest BCUT2D eigenvalue weighted by atomic mass is 16.6. The van der Waals surface area contributed by atoms with Gasteiger partial charge >= 0.3 is 5.97 Å². The van der Waals surface area contributed by atoms with Gasteiger partial charge in [-0.2, -0.15) is 0 Å². The second-order valence-corrected chi connectivity index (χ2v) is 4.73. The first kappa shape index (κ1) is 9.85. The number of hydrogen-bond acceptors (Lipinski definition) is 3. The van der Waals surface area contributed by atoms with Crippen LogP contribution in [0.2, 0.25) is 0 Å². The van der Waals surface area contributed by atoms with E-state index in [1.807, 2.05) is 6.08 Å². The Labute approximate surface area is 94.1 Å². The van der Waals surface area contributed by atoms with Crippen molar-refractivity contribution in [2.75, 3.05) is 0 Å². The Morgan fingerprint density at radius 3 is 3.06 bits per heavy atom. The summed E-state index contributed by atoms with van der Waals surface area (Å²) in [7, 11) is 0. The van der Waals surface area contributed by atoms with E-state index >= 15 is 0 Å². The van der Waals surface area contributed by atoms with Gasteiger partial charge in [-0.05, 0) is 31.4 Å². The molecule has 1 spiro atoms. The van der Waals surface area contributed by atoms with Crippen LogP contribution in [0.25, 0.3) is 0 Å². The van der Waals surface area contributed by atoms with Crippen LogP contribution in [0, 0.1) is 11.8 Å². The van der Waals surface area contributed by atoms with E-state index in [1.54, 1.807) is 13.0 Å². The van der Waals surface area contributed by atoms with Crippen LogP contribution in [-0.2, 0) is 9.53 Å². The first-order chi connectivity index (χ1) is 7.62. The third-order valence-corrected chi connectivity index (χ3v) is 3.67. The van der Waals surface area contributed by atoms with Crippen LogP contribution >= 0.6 is 0 Å². The molecule has 0 aromatic heterocycles. The average Bonchev–Trinajstić information content (AvgIpc) is 2.84. The molecule has 3 aliphatic rings. The molecule has 0 radical (unpaired) electrons. The predicted octanol–water partition coefficient (Wildman–Crippen LogP) is 1.35. The monoisotopic (exact) mass is 218 g/mol. The van der Waals surface area contributed by atoms with E-state index in [1.165, 1.54) is 0 Å². The molecule has 0 saturated carbocycles. The lowest BCUT2D eigenvalue weighted by molar-refractivity contribution is -0.146. The zero-order valence-corrected chi connectivity index (χ0v) is 9.09. The molecule has 3 heteroatoms. The normalized spacial score (nSPS) is 41.4. The van der Waals surface area contributed by atoms with E-state index in [-0.39, 0.29) is 11.9 Å². The Bertz CT molecular complexity index is 430. The van der Waals surface area contributed by atoms with Crippen molar-refractivity contribution >= 4 is 5.97 Å². The maximum absolute atomic E-state index is 11.7. The second kappa shape index (κ2) is 3.08. The van der Waals surface area contributed by atoms with Gasteiger partial charge in [-0.1, -0.05) is 18.2 Å². The Balaban J connectivity index is 2.00. The lowest BCUT2D eigenvalue weighted by Crippen LogP contribution is -2.32. The fourth-order valence-corrected chi connectivity index (χ4v) is 2.83. The molecule has 0 bridgehead atoms. The summed E-state index contributed by atoms with van der Waals surface area (Å²) in [6.45, 7) is 1.59. The quantitative estimate of drug-likeness (QED) is 0.534. The molecular weight excluding hydrogens is 204 g/mol. The Morgan fingerprint density at radius 1 is 1.56 bits per heavy atom. The average molecular weight is 218 g/mol. The Kier molecular flexibility index (Phi) is 1.89. The summed E-state index contributed by atoms with van der Waals surface area (Å²) in [5, 5.41) is 9.50. The molecule has 3 nitrogen and oxygen atoms in total. The van der Waals surface area contributed by atoms with Gasteiger partial charge in [0.2, 0.25) is 0 Å². The number of allylic oxidation sites excluding steroid dienone is 2. The molecule has 0 fully saturated rings. The minimum absolute atomic E-state index is 0.215. The van der Waals surface area contributed by atoms with Gasteiger partial charge in [0.1, 0.15) is 0 Å². The summed E-state index contributed by atoms with van der Waals surface area (Å²) in [6.07, 6.45) is 10.3. The Morgan fingerprint density at radius 2 is 2.38 bits per heavy atom. The molecule has 1 N–H and O–H groups in total. The zero-order valence-electron chi connectivity index (χ0n) is 9.09. The predicted molar refractivity (Wildman–Crippen MR) is 58.5 cm³/mol. The molecular formula is C13H14O3. The number of aliphatic hydroxyl groups excluding tert-OH is 1. The van der Waals surface area contributed by atoms with E-state index in [9.17, 15) is 9.90 Å². The maximum atomic E-state index is 11.7. The van der Waals surface area contributed by atoms with E-state index in [4.69, 9.17) is 4.74 Å². The second-order valence-electron chi connectivity index (χ2n) is 4.73. The van der Waals surface area contributed by atoms with Crippen molar-refractivity contribution < 1.29 is 14.6 Å². The van der Waals surface area contributed by atoms with Gasteiger partial charge in [-0.25, -0.2) is 4.79 Å². The SMILES string of the molecule is CC(O)C1=CC2(C=CC3CC=CC32)OC1=O. The molecule has 1 heterocycles. The first-order valence-electron chi connectivity index (χ1n) is 5.62. The van der Waals surface area contributed by atoms with Crippen LogP contribution in [-0.4, -0.2) is 22.8 Å². The van der Waals surface area contributed by atoms with Crippen LogP contribution in [0.1, 0.15) is 13.3 Å². The number of rotatable bonds is 1. The molecule has 2 aliphatic carbocycles. The molecule has 0 aromatic rings. The third kappa shape index (κ3) is 1.15. The standard InChI is InChI=1S/C13H14O3/c1-8(14)10-7-13(16-12(10)15)6-5-9-3-2-4-11(9)13/h2,4-9,11,14H,3H2,1H3. The molecule has 3 rings (SSSR count). The van der Waals surface area contributed by atoms with Crippen molar-refractivity contribution in [2.24, 2.45) is 11.8 Å². The summed E-state index contributed by atoms with van der Waals surface area (Å²) < 4.78 is 5.47. The fourth-order valence-electron chi connectivity index (χ4n) is 2.83. The number of carbonyl (C=O) groups is 1. The smallest absolute Gasteiger partial charge is 0.337 e. The minimum Gasteiger partial charge on any atom is -0.446 e. The van der Waals surface area contributed by atoms with Crippen LogP contribution in [0.4, 0.5) is 0 Å². The molecule has 4 atom stereocenters. The number of hydrogen-bond donors (Lipinski definition) is 1. The lowest BCUT2D eigenvalue weighted by Gasteiger charge is -2.26. The highest BCUT2D eigenvalue weighted by Crippen LogP contribution is 2.47. The summed E-state index contributed by atoms with van der Waals surface area (Å²) >= 11 is 0. The van der Waals surface area contributed by atoms with E-state index < -0.39 is 11.7 Å². The summed E-state index contributed by atoms with van der Waals surface area (Å²) in [5.74, 6) is 0.269. The minimum atomic E-state index is -0.760. The van der Waals surface area contributed by atoms with Crippen LogP contribution in [0.5, 0.6) is 0 Å². The van der Waals surface area contributed by atoms with Crippen molar-refractivity contribution in [3.05, 3.63) is 36.0 Å². The van der Waals surface area contributed by atoms with Gasteiger partial charge in [0.15, 0.2) is 5.60 Å². The van der Waals surface area contributed by atoms with Gasteiger partial charge in [-0.15, -0.1) is 0 Å². The third-order valence-electron chi connectivity index (χ3n) is 3.67. The van der Waals surface area contributed by atoms with Crippen molar-refractivity contribution in [2.45, 2.75) is 25.0 Å². The maximum Gasteiger partial charge on any atom is 0.337 e. The molecule has 16 heavy (non-hydrogen) atoms. The summed E-state index contributed by atoms with van der Waals surface area (Å²) in [5.41, 5.74) is -0.244. The largest absolute Gasteiger partial charge is 0.446 e. The Hall–Kier alpha value is -1.35. The molecule has 0 amide bonds. The molecule has 1 aliphatic heterocycles. The van der Waals surface area contributed by atoms with E-state index in [0.29, 0.717) is 11.5 Å². The van der Waals surface area contributed by atoms with E-state index in [2.05, 4.69) is 18.2 Å². The summed E-state index contributed by atoms with van der Waals surface area (Å²) in [6, 6.07) is 0. The lowest BCUT2D eigenvalue weighted by atomic mass is 9.86. The van der Waals surface area contributed by atoms with Gasteiger partial charge in [0, 0.05) is 5.92 Å². The number of aliphatic hydroxyl groups is 1. The van der Waals surface area contributed by atoms with Crippen LogP contribution < -0.4 is 0 Å². The molecule has 0 aromatic carbocycles. The van der Waals surface area contributed by atoms with Crippen LogP contribution in [0.15, 0.2) is 36.0 Å². The fraction of sp³-hybridized carbons (Fsp3) is 0.462. The molecule has 84 valence electrons. The highest BCUT2D eigenvalue weighted by Gasteiger charge is 2.50. The van der Waals surface area contributed by atoms with Gasteiger partial charge in [0.25, 0.3) is 0 Å². The van der Waals surface area contributed by atoms with Gasteiger partial charge < -0.3 is 9.84 Å². The first-order valence-corrected chi connectivity index (χ1v) is 5.62. The van der Waals surface area contributed by atoms with Crippen molar-refractivity contribution in [1.82, 2.24) is 0 Å². The molecule has 0 saturated heterocycles. The van der Waals surface area contributed by atoms with Crippen molar-refractivity contribution in [3.63, 3.8) is 0 Å². The van der Waals surface area contributed by atoms with Crippen molar-refractivity contribution in [3.8, 4) is 0 Å². The molecule has 4 unspecified atom stereocenters. The number of esters is 1. The topological polar surface area (TPSA) is 46.5 Å². The number of ether oxygens (including phenoxy) is 1. The van der Waals surface area contributed by atoms with E-state index in [0.717, 1.165) is 6.42 Å². The van der Waals surface area contributed by atoms with Gasteiger partial charge in [-0.3, -0.25) is 0 Å². The zero-order chi connectivity index (χ0) is 11.3. The van der Waals surface area contributed by atoms with Crippen molar-refractivity contribution in [1.29, 1.82) is 0 Å². The summed E-state index contributed by atoms with van der Waals surface area (Å²) in [4.78, 5) is 11.7. The van der Waals surface area contributed by atoms with Gasteiger partial charge in [0.05, 0.1) is 11.7 Å². The van der Waals surface area contributed by atoms with Crippen LogP contribution in [0.3, 0.4) is 0 Å².